The smallest absolute Gasteiger partial charge is 0.119 e. The Morgan fingerprint density at radius 2 is 2.35 bits per heavy atom. The molecule has 1 fully saturated rings. The second-order valence-electron chi connectivity index (χ2n) is 4.66. The maximum atomic E-state index is 5.24. The molecule has 1 saturated heterocycles. The molecule has 2 heterocycles. The Labute approximate surface area is 101 Å². The highest BCUT2D eigenvalue weighted by Crippen LogP contribution is 2.32. The Morgan fingerprint density at radius 1 is 1.47 bits per heavy atom. The fourth-order valence-electron chi connectivity index (χ4n) is 2.47. The zero-order chi connectivity index (χ0) is 11.8. The largest absolute Gasteiger partial charge is 0.497 e. The van der Waals surface area contributed by atoms with Gasteiger partial charge in [-0.15, -0.1) is 0 Å². The fourth-order valence-corrected chi connectivity index (χ4v) is 2.47. The molecule has 0 aliphatic carbocycles. The Hall–Kier alpha value is -1.61. The van der Waals surface area contributed by atoms with Gasteiger partial charge in [0.25, 0.3) is 0 Å². The minimum Gasteiger partial charge on any atom is -0.497 e. The highest BCUT2D eigenvalue weighted by molar-refractivity contribution is 5.98. The lowest BCUT2D eigenvalue weighted by Gasteiger charge is -2.08. The van der Waals surface area contributed by atoms with Gasteiger partial charge in [-0.25, -0.2) is 0 Å². The van der Waals surface area contributed by atoms with E-state index in [0.717, 1.165) is 30.8 Å². The molecule has 0 saturated carbocycles. The Morgan fingerprint density at radius 3 is 3.06 bits per heavy atom. The van der Waals surface area contributed by atoms with Gasteiger partial charge < -0.3 is 10.1 Å². The molecule has 2 aliphatic rings. The van der Waals surface area contributed by atoms with Crippen LogP contribution in [0.25, 0.3) is 0 Å². The molecule has 2 aliphatic heterocycles. The first kappa shape index (κ1) is 10.5. The van der Waals surface area contributed by atoms with E-state index in [1.54, 1.807) is 7.11 Å². The molecule has 88 valence electrons. The van der Waals surface area contributed by atoms with Gasteiger partial charge in [0.05, 0.1) is 12.8 Å². The third-order valence-electron chi connectivity index (χ3n) is 3.42. The number of hydrogen-bond acceptors (Lipinski definition) is 3. The van der Waals surface area contributed by atoms with Crippen molar-refractivity contribution in [1.82, 2.24) is 5.32 Å². The third kappa shape index (κ3) is 1.87. The average Bonchev–Trinajstić information content (AvgIpc) is 2.93. The van der Waals surface area contributed by atoms with E-state index >= 15 is 0 Å². The number of hydrogen-bond donors (Lipinski definition) is 1. The van der Waals surface area contributed by atoms with Gasteiger partial charge in [0.2, 0.25) is 0 Å². The van der Waals surface area contributed by atoms with E-state index in [9.17, 15) is 0 Å². The summed E-state index contributed by atoms with van der Waals surface area (Å²) in [5, 5.41) is 3.45. The summed E-state index contributed by atoms with van der Waals surface area (Å²) in [4.78, 5) is 4.70. The lowest BCUT2D eigenvalue weighted by Crippen LogP contribution is -2.30. The van der Waals surface area contributed by atoms with Crippen LogP contribution in [-0.4, -0.2) is 25.4 Å². The molecule has 3 nitrogen and oxygen atoms in total. The first-order chi connectivity index (χ1) is 8.26. The molecule has 3 heteroatoms. The van der Waals surface area contributed by atoms with Crippen LogP contribution in [0.3, 0.4) is 0 Å². The molecule has 0 radical (unpaired) electrons. The summed E-state index contributed by atoms with van der Waals surface area (Å²) in [5.41, 5.74) is 4.84. The van der Waals surface area contributed by atoms with Crippen LogP contribution in [-0.2, 0) is 6.42 Å². The van der Waals surface area contributed by atoms with E-state index in [2.05, 4.69) is 18.0 Å². The minimum absolute atomic E-state index is 0.376. The Bertz CT molecular complexity index is 505. The molecular weight excluding hydrogens is 212 g/mol. The van der Waals surface area contributed by atoms with Crippen molar-refractivity contribution in [3.8, 4) is 5.75 Å². The van der Waals surface area contributed by atoms with Crippen LogP contribution in [0.2, 0.25) is 0 Å². The molecule has 3 rings (SSSR count). The highest BCUT2D eigenvalue weighted by Gasteiger charge is 2.26. The van der Waals surface area contributed by atoms with Crippen molar-refractivity contribution in [2.24, 2.45) is 4.99 Å². The molecular formula is C14H16N2O. The molecule has 1 N–H and O–H groups in total. The fraction of sp³-hybridized carbons (Fsp3) is 0.357. The van der Waals surface area contributed by atoms with E-state index in [1.165, 1.54) is 16.8 Å². The van der Waals surface area contributed by atoms with E-state index < -0.39 is 0 Å². The zero-order valence-electron chi connectivity index (χ0n) is 9.99. The lowest BCUT2D eigenvalue weighted by molar-refractivity contribution is 0.414. The number of nitrogens with one attached hydrogen (secondary N) is 1. The van der Waals surface area contributed by atoms with E-state index in [0.29, 0.717) is 6.04 Å². The summed E-state index contributed by atoms with van der Waals surface area (Å²) in [7, 11) is 1.70. The summed E-state index contributed by atoms with van der Waals surface area (Å²) >= 11 is 0. The highest BCUT2D eigenvalue weighted by atomic mass is 16.5. The second-order valence-corrected chi connectivity index (χ2v) is 4.66. The zero-order valence-corrected chi connectivity index (χ0v) is 9.99. The topological polar surface area (TPSA) is 33.6 Å². The molecule has 0 amide bonds. The van der Waals surface area contributed by atoms with Crippen molar-refractivity contribution in [3.63, 3.8) is 0 Å². The van der Waals surface area contributed by atoms with Gasteiger partial charge in [-0.2, -0.15) is 0 Å². The summed E-state index contributed by atoms with van der Waals surface area (Å²) in [6, 6.07) is 6.45. The van der Waals surface area contributed by atoms with E-state index in [4.69, 9.17) is 9.73 Å². The lowest BCUT2D eigenvalue weighted by atomic mass is 10.0. The predicted octanol–water partition coefficient (Wildman–Crippen LogP) is 2.24. The SMILES string of the molecule is C=C1CN[C@H](C2=Nc3ccc(OC)cc3C2)C1. The first-order valence-corrected chi connectivity index (χ1v) is 5.90. The monoisotopic (exact) mass is 228 g/mol. The molecule has 0 bridgehead atoms. The summed E-state index contributed by atoms with van der Waals surface area (Å²) in [6.45, 7) is 4.93. The molecule has 17 heavy (non-hydrogen) atoms. The van der Waals surface area contributed by atoms with Gasteiger partial charge in [0.1, 0.15) is 5.75 Å². The van der Waals surface area contributed by atoms with Crippen LogP contribution in [0.15, 0.2) is 35.3 Å². The number of methoxy groups -OCH3 is 1. The van der Waals surface area contributed by atoms with Crippen LogP contribution < -0.4 is 10.1 Å². The number of nitrogens with zero attached hydrogens (tertiary/aromatic N) is 1. The van der Waals surface area contributed by atoms with E-state index in [-0.39, 0.29) is 0 Å². The number of rotatable bonds is 2. The first-order valence-electron chi connectivity index (χ1n) is 5.90. The van der Waals surface area contributed by atoms with Crippen molar-refractivity contribution in [2.45, 2.75) is 18.9 Å². The number of ether oxygens (including phenoxy) is 1. The molecule has 1 atom stereocenters. The maximum absolute atomic E-state index is 5.24. The summed E-state index contributed by atoms with van der Waals surface area (Å²) in [6.07, 6.45) is 1.95. The summed E-state index contributed by atoms with van der Waals surface area (Å²) < 4.78 is 5.24. The van der Waals surface area contributed by atoms with Crippen LogP contribution in [0, 0.1) is 0 Å². The number of aliphatic imine (C=N–C) groups is 1. The minimum atomic E-state index is 0.376. The summed E-state index contributed by atoms with van der Waals surface area (Å²) in [5.74, 6) is 0.906. The van der Waals surface area contributed by atoms with Gasteiger partial charge in [-0.05, 0) is 30.2 Å². The standard InChI is InChI=1S/C14H16N2O/c1-9-5-13(15-8-9)14-7-10-6-11(17-2)3-4-12(10)16-14/h3-4,6,13,15H,1,5,7-8H2,2H3/t13-/m0/s1. The maximum Gasteiger partial charge on any atom is 0.119 e. The third-order valence-corrected chi connectivity index (χ3v) is 3.42. The van der Waals surface area contributed by atoms with E-state index in [1.807, 2.05) is 12.1 Å². The predicted molar refractivity (Wildman–Crippen MR) is 69.3 cm³/mol. The van der Waals surface area contributed by atoms with Gasteiger partial charge in [-0.1, -0.05) is 12.2 Å². The van der Waals surface area contributed by atoms with Crippen molar-refractivity contribution in [3.05, 3.63) is 35.9 Å². The second kappa shape index (κ2) is 4.00. The molecule has 0 spiro atoms. The Balaban J connectivity index is 1.83. The normalized spacial score (nSPS) is 22.5. The van der Waals surface area contributed by atoms with Gasteiger partial charge in [0.15, 0.2) is 0 Å². The quantitative estimate of drug-likeness (QED) is 0.788. The van der Waals surface area contributed by atoms with Crippen molar-refractivity contribution in [1.29, 1.82) is 0 Å². The van der Waals surface area contributed by atoms with Crippen LogP contribution >= 0.6 is 0 Å². The molecule has 1 aromatic rings. The van der Waals surface area contributed by atoms with Crippen molar-refractivity contribution >= 4 is 11.4 Å². The molecule has 1 aromatic carbocycles. The Kier molecular flexibility index (Phi) is 2.48. The van der Waals surface area contributed by atoms with Crippen LogP contribution in [0.1, 0.15) is 12.0 Å². The van der Waals surface area contributed by atoms with Crippen molar-refractivity contribution < 1.29 is 4.74 Å². The van der Waals surface area contributed by atoms with Crippen LogP contribution in [0.5, 0.6) is 5.75 Å². The van der Waals surface area contributed by atoms with Gasteiger partial charge in [0, 0.05) is 24.7 Å². The van der Waals surface area contributed by atoms with Gasteiger partial charge in [-0.3, -0.25) is 4.99 Å². The molecule has 0 aromatic heterocycles. The van der Waals surface area contributed by atoms with Gasteiger partial charge >= 0.3 is 0 Å². The number of fused-ring (bicyclic) bond motifs is 1. The average molecular weight is 228 g/mol. The number of benzene rings is 1. The molecule has 0 unspecified atom stereocenters. The van der Waals surface area contributed by atoms with Crippen LogP contribution in [0.4, 0.5) is 5.69 Å². The van der Waals surface area contributed by atoms with Crippen molar-refractivity contribution in [2.75, 3.05) is 13.7 Å².